The fourth-order valence-corrected chi connectivity index (χ4v) is 4.55. The van der Waals surface area contributed by atoms with Crippen molar-refractivity contribution in [3.63, 3.8) is 0 Å². The molecule has 0 aliphatic heterocycles. The monoisotopic (exact) mass is 489 g/mol. The van der Waals surface area contributed by atoms with E-state index in [-0.39, 0.29) is 24.8 Å². The van der Waals surface area contributed by atoms with Crippen molar-refractivity contribution in [2.24, 2.45) is 0 Å². The van der Waals surface area contributed by atoms with E-state index in [4.69, 9.17) is 20.8 Å². The number of alkyl carbamates (subject to hydrolysis) is 1. The minimum absolute atomic E-state index is 0.0573. The molecule has 4 aromatic rings. The molecule has 3 N–H and O–H groups in total. The van der Waals surface area contributed by atoms with Crippen molar-refractivity contribution in [2.45, 2.75) is 18.1 Å². The van der Waals surface area contributed by atoms with Gasteiger partial charge >= 0.3 is 6.09 Å². The summed E-state index contributed by atoms with van der Waals surface area (Å²) in [5, 5.41) is 24.0. The molecule has 5 rings (SSSR count). The molecule has 178 valence electrons. The molecule has 6 nitrogen and oxygen atoms in total. The third kappa shape index (κ3) is 4.82. The van der Waals surface area contributed by atoms with Crippen LogP contribution in [0.1, 0.15) is 28.9 Å². The van der Waals surface area contributed by atoms with Gasteiger partial charge < -0.3 is 24.7 Å². The Labute approximate surface area is 207 Å². The van der Waals surface area contributed by atoms with Gasteiger partial charge in [0.2, 0.25) is 0 Å². The molecule has 0 fully saturated rings. The molecule has 0 saturated carbocycles. The minimum atomic E-state index is -1.31. The summed E-state index contributed by atoms with van der Waals surface area (Å²) in [5.41, 5.74) is 5.32. The van der Waals surface area contributed by atoms with Crippen LogP contribution in [0.25, 0.3) is 22.5 Å². The molecule has 1 aliphatic rings. The Kier molecular flexibility index (Phi) is 6.59. The zero-order valence-electron chi connectivity index (χ0n) is 18.7. The van der Waals surface area contributed by atoms with E-state index < -0.39 is 18.3 Å². The maximum absolute atomic E-state index is 12.3. The van der Waals surface area contributed by atoms with Gasteiger partial charge in [0.1, 0.15) is 30.3 Å². The number of ether oxygens (including phenoxy) is 1. The van der Waals surface area contributed by atoms with Crippen molar-refractivity contribution in [2.75, 3.05) is 13.2 Å². The number of aliphatic hydroxyl groups excluding tert-OH is 2. The van der Waals surface area contributed by atoms with Gasteiger partial charge in [0.15, 0.2) is 0 Å². The zero-order valence-corrected chi connectivity index (χ0v) is 19.5. The number of benzene rings is 3. The highest BCUT2D eigenvalue weighted by Crippen LogP contribution is 2.44. The molecule has 0 spiro atoms. The summed E-state index contributed by atoms with van der Waals surface area (Å²) in [6.07, 6.45) is -3.26. The lowest BCUT2D eigenvalue weighted by atomic mass is 9.98. The lowest BCUT2D eigenvalue weighted by Gasteiger charge is -2.18. The number of fused-ring (bicyclic) bond motifs is 3. The normalized spacial score (nSPS) is 14.1. The Bertz CT molecular complexity index is 1290. The van der Waals surface area contributed by atoms with Gasteiger partial charge in [-0.15, -0.1) is 0 Å². The van der Waals surface area contributed by atoms with E-state index in [1.54, 1.807) is 36.4 Å². The quantitative estimate of drug-likeness (QED) is 0.317. The number of amides is 1. The number of halogens is 1. The molecule has 35 heavy (non-hydrogen) atoms. The maximum Gasteiger partial charge on any atom is 0.407 e. The summed E-state index contributed by atoms with van der Waals surface area (Å²) in [7, 11) is 0. The Morgan fingerprint density at radius 1 is 0.914 bits per heavy atom. The molecule has 3 aromatic carbocycles. The van der Waals surface area contributed by atoms with Gasteiger partial charge in [-0.2, -0.15) is 0 Å². The molecule has 0 radical (unpaired) electrons. The Hall–Kier alpha value is -3.58. The Morgan fingerprint density at radius 3 is 2.20 bits per heavy atom. The third-order valence-corrected chi connectivity index (χ3v) is 6.46. The minimum Gasteiger partial charge on any atom is -0.458 e. The van der Waals surface area contributed by atoms with Gasteiger partial charge in [-0.3, -0.25) is 0 Å². The average Bonchev–Trinajstić information content (AvgIpc) is 3.50. The maximum atomic E-state index is 12.3. The van der Waals surface area contributed by atoms with Crippen LogP contribution in [0.5, 0.6) is 0 Å². The number of carbonyl (C=O) groups is 1. The van der Waals surface area contributed by atoms with Gasteiger partial charge in [0.25, 0.3) is 0 Å². The summed E-state index contributed by atoms with van der Waals surface area (Å²) in [5.74, 6) is 0.669. The Balaban J connectivity index is 1.16. The number of carbonyl (C=O) groups excluding carboxylic acids is 1. The Morgan fingerprint density at radius 2 is 1.54 bits per heavy atom. The molecule has 1 aromatic heterocycles. The molecule has 7 heteroatoms. The number of furan rings is 1. The van der Waals surface area contributed by atoms with Crippen LogP contribution < -0.4 is 5.32 Å². The predicted molar refractivity (Wildman–Crippen MR) is 133 cm³/mol. The molecule has 1 heterocycles. The van der Waals surface area contributed by atoms with Crippen molar-refractivity contribution >= 4 is 17.7 Å². The number of rotatable bonds is 7. The first-order valence-corrected chi connectivity index (χ1v) is 11.7. The van der Waals surface area contributed by atoms with E-state index in [9.17, 15) is 15.0 Å². The number of aliphatic hydroxyl groups is 2. The lowest BCUT2D eigenvalue weighted by Crippen LogP contribution is -2.36. The van der Waals surface area contributed by atoms with E-state index in [1.165, 1.54) is 0 Å². The SMILES string of the molecule is O=C(NCC(O)C(O)c1ccc(-c2ccc(Cl)cc2)o1)OCC1c2ccccc2-c2ccccc21. The van der Waals surface area contributed by atoms with Crippen LogP contribution in [0, 0.1) is 0 Å². The predicted octanol–water partition coefficient (Wildman–Crippen LogP) is 5.53. The molecule has 0 bridgehead atoms. The third-order valence-electron chi connectivity index (χ3n) is 6.21. The van der Waals surface area contributed by atoms with Crippen molar-refractivity contribution < 1.29 is 24.2 Å². The summed E-state index contributed by atoms with van der Waals surface area (Å²) in [4.78, 5) is 12.3. The van der Waals surface area contributed by atoms with E-state index in [0.717, 1.165) is 27.8 Å². The highest BCUT2D eigenvalue weighted by molar-refractivity contribution is 6.30. The van der Waals surface area contributed by atoms with Crippen molar-refractivity contribution in [1.29, 1.82) is 0 Å². The second-order valence-corrected chi connectivity index (χ2v) is 8.86. The number of nitrogens with one attached hydrogen (secondary N) is 1. The van der Waals surface area contributed by atoms with E-state index in [2.05, 4.69) is 17.4 Å². The van der Waals surface area contributed by atoms with E-state index in [0.29, 0.717) is 10.8 Å². The largest absolute Gasteiger partial charge is 0.458 e. The fourth-order valence-electron chi connectivity index (χ4n) is 4.42. The molecule has 2 unspecified atom stereocenters. The summed E-state index contributed by atoms with van der Waals surface area (Å²) < 4.78 is 11.2. The fraction of sp³-hybridized carbons (Fsp3) is 0.179. The smallest absolute Gasteiger partial charge is 0.407 e. The summed E-state index contributed by atoms with van der Waals surface area (Å²) >= 11 is 5.91. The molecular formula is C28H24ClNO5. The topological polar surface area (TPSA) is 91.9 Å². The lowest BCUT2D eigenvalue weighted by molar-refractivity contribution is 0.00642. The summed E-state index contributed by atoms with van der Waals surface area (Å²) in [6, 6.07) is 26.5. The number of hydrogen-bond donors (Lipinski definition) is 3. The zero-order chi connectivity index (χ0) is 24.4. The first-order chi connectivity index (χ1) is 17.0. The first kappa shape index (κ1) is 23.2. The molecule has 2 atom stereocenters. The van der Waals surface area contributed by atoms with Gasteiger partial charge in [0, 0.05) is 23.0 Å². The highest BCUT2D eigenvalue weighted by Gasteiger charge is 2.29. The van der Waals surface area contributed by atoms with E-state index >= 15 is 0 Å². The van der Waals surface area contributed by atoms with Crippen molar-refractivity contribution in [1.82, 2.24) is 5.32 Å². The highest BCUT2D eigenvalue weighted by atomic mass is 35.5. The van der Waals surface area contributed by atoms with Crippen molar-refractivity contribution in [3.05, 3.63) is 107 Å². The van der Waals surface area contributed by atoms with Crippen molar-refractivity contribution in [3.8, 4) is 22.5 Å². The van der Waals surface area contributed by atoms with Gasteiger partial charge in [-0.05, 0) is 58.7 Å². The first-order valence-electron chi connectivity index (χ1n) is 11.3. The molecule has 0 saturated heterocycles. The van der Waals surface area contributed by atoms with Crippen LogP contribution in [-0.2, 0) is 4.74 Å². The molecular weight excluding hydrogens is 466 g/mol. The second kappa shape index (κ2) is 9.96. The van der Waals surface area contributed by atoms with Crippen LogP contribution in [-0.4, -0.2) is 35.6 Å². The van der Waals surface area contributed by atoms with Crippen LogP contribution in [0.2, 0.25) is 5.02 Å². The standard InChI is InChI=1S/C28H24ClNO5/c29-18-11-9-17(10-12-18)25-13-14-26(35-25)27(32)24(31)15-30-28(33)34-16-23-21-7-3-1-5-19(21)20-6-2-4-8-22(20)23/h1-14,23-24,27,31-32H,15-16H2,(H,30,33). The van der Waals surface area contributed by atoms with Crippen LogP contribution in [0.3, 0.4) is 0 Å². The second-order valence-electron chi connectivity index (χ2n) is 8.43. The summed E-state index contributed by atoms with van der Waals surface area (Å²) in [6.45, 7) is -0.0318. The van der Waals surface area contributed by atoms with Gasteiger partial charge in [-0.25, -0.2) is 4.79 Å². The van der Waals surface area contributed by atoms with Gasteiger partial charge in [0.05, 0.1) is 0 Å². The molecule has 1 aliphatic carbocycles. The van der Waals surface area contributed by atoms with Crippen LogP contribution >= 0.6 is 11.6 Å². The van der Waals surface area contributed by atoms with Gasteiger partial charge in [-0.1, -0.05) is 60.1 Å². The van der Waals surface area contributed by atoms with Crippen LogP contribution in [0.15, 0.2) is 89.3 Å². The molecule has 1 amide bonds. The van der Waals surface area contributed by atoms with Crippen LogP contribution in [0.4, 0.5) is 4.79 Å². The van der Waals surface area contributed by atoms with E-state index in [1.807, 2.05) is 36.4 Å². The number of hydrogen-bond acceptors (Lipinski definition) is 5. The average molecular weight is 490 g/mol.